The normalized spacial score (nSPS) is 22.2. The van der Waals surface area contributed by atoms with Gasteiger partial charge in [-0.2, -0.15) is 0 Å². The number of amides is 1. The predicted octanol–water partition coefficient (Wildman–Crippen LogP) is 1.22. The second-order valence-electron chi connectivity index (χ2n) is 4.51. The minimum atomic E-state index is -0.335. The quantitative estimate of drug-likeness (QED) is 0.793. The average molecular weight is 254 g/mol. The Kier molecular flexibility index (Phi) is 3.69. The molecule has 0 bridgehead atoms. The first-order chi connectivity index (χ1) is 8.22. The second-order valence-corrected chi connectivity index (χ2v) is 4.77. The molecule has 0 radical (unpaired) electrons. The number of hydrogen-bond acceptors (Lipinski definition) is 2. The fourth-order valence-corrected chi connectivity index (χ4v) is 2.58. The topological polar surface area (TPSA) is 49.3 Å². The van der Waals surface area contributed by atoms with E-state index in [1.54, 1.807) is 0 Å². The van der Waals surface area contributed by atoms with Crippen LogP contribution in [0.3, 0.4) is 0 Å². The molecular formula is C13H16ClNO2. The molecule has 4 heteroatoms. The lowest BCUT2D eigenvalue weighted by atomic mass is 9.82. The number of rotatable bonds is 4. The van der Waals surface area contributed by atoms with E-state index in [0.29, 0.717) is 6.54 Å². The van der Waals surface area contributed by atoms with Crippen LogP contribution in [-0.4, -0.2) is 30.0 Å². The van der Waals surface area contributed by atoms with Gasteiger partial charge >= 0.3 is 0 Å². The van der Waals surface area contributed by atoms with E-state index < -0.39 is 0 Å². The molecule has 3 nitrogen and oxygen atoms in total. The van der Waals surface area contributed by atoms with Gasteiger partial charge < -0.3 is 10.4 Å². The molecule has 92 valence electrons. The van der Waals surface area contributed by atoms with Gasteiger partial charge in [-0.1, -0.05) is 24.3 Å². The van der Waals surface area contributed by atoms with Crippen molar-refractivity contribution in [3.8, 4) is 0 Å². The van der Waals surface area contributed by atoms with E-state index in [1.807, 2.05) is 18.2 Å². The molecule has 0 saturated carbocycles. The van der Waals surface area contributed by atoms with Gasteiger partial charge in [0.1, 0.15) is 5.88 Å². The second kappa shape index (κ2) is 5.07. The van der Waals surface area contributed by atoms with Crippen LogP contribution >= 0.6 is 11.6 Å². The van der Waals surface area contributed by atoms with Crippen molar-refractivity contribution in [3.05, 3.63) is 35.4 Å². The fraction of sp³-hybridized carbons (Fsp3) is 0.462. The highest BCUT2D eigenvalue weighted by molar-refractivity contribution is 6.27. The van der Waals surface area contributed by atoms with Crippen molar-refractivity contribution in [2.45, 2.75) is 18.3 Å². The Morgan fingerprint density at radius 3 is 2.94 bits per heavy atom. The number of benzene rings is 1. The summed E-state index contributed by atoms with van der Waals surface area (Å²) in [6.07, 6.45) is 1.82. The molecule has 0 saturated heterocycles. The molecule has 0 fully saturated rings. The molecule has 1 aromatic rings. The number of aryl methyl sites for hydroxylation is 1. The number of nitrogens with one attached hydrogen (secondary N) is 1. The minimum Gasteiger partial charge on any atom is -0.395 e. The van der Waals surface area contributed by atoms with Crippen LogP contribution in [0.2, 0.25) is 0 Å². The molecule has 1 aliphatic rings. The number of fused-ring (bicyclic) bond motifs is 1. The highest BCUT2D eigenvalue weighted by Gasteiger charge is 2.38. The molecule has 1 atom stereocenters. The van der Waals surface area contributed by atoms with Crippen LogP contribution in [0.5, 0.6) is 0 Å². The molecule has 2 N–H and O–H groups in total. The molecule has 1 amide bonds. The van der Waals surface area contributed by atoms with E-state index in [1.165, 1.54) is 5.56 Å². The Hall–Kier alpha value is -1.06. The molecule has 0 spiro atoms. The first-order valence-electron chi connectivity index (χ1n) is 5.74. The third-order valence-corrected chi connectivity index (χ3v) is 3.75. The molecule has 0 aromatic heterocycles. The first-order valence-corrected chi connectivity index (χ1v) is 6.27. The van der Waals surface area contributed by atoms with E-state index in [4.69, 9.17) is 11.6 Å². The van der Waals surface area contributed by atoms with Gasteiger partial charge in [-0.3, -0.25) is 4.79 Å². The maximum absolute atomic E-state index is 11.2. The largest absolute Gasteiger partial charge is 0.395 e. The third-order valence-electron chi connectivity index (χ3n) is 3.51. The molecular weight excluding hydrogens is 238 g/mol. The molecule has 1 unspecified atom stereocenters. The number of halogens is 1. The summed E-state index contributed by atoms with van der Waals surface area (Å²) in [5, 5.41) is 12.4. The Bertz CT molecular complexity index is 422. The summed E-state index contributed by atoms with van der Waals surface area (Å²) in [5.74, 6) is -0.229. The summed E-state index contributed by atoms with van der Waals surface area (Å²) < 4.78 is 0. The van der Waals surface area contributed by atoms with Crippen molar-refractivity contribution >= 4 is 17.5 Å². The van der Waals surface area contributed by atoms with E-state index in [9.17, 15) is 9.90 Å². The van der Waals surface area contributed by atoms with Crippen LogP contribution in [0.4, 0.5) is 0 Å². The lowest BCUT2D eigenvalue weighted by molar-refractivity contribution is -0.119. The summed E-state index contributed by atoms with van der Waals surface area (Å²) in [5.41, 5.74) is 2.08. The molecule has 0 aliphatic heterocycles. The molecule has 1 aliphatic carbocycles. The zero-order chi connectivity index (χ0) is 12.3. The van der Waals surface area contributed by atoms with Gasteiger partial charge in [0.05, 0.1) is 6.61 Å². The number of alkyl halides is 1. The summed E-state index contributed by atoms with van der Waals surface area (Å²) in [6.45, 7) is 0.499. The third kappa shape index (κ3) is 2.31. The van der Waals surface area contributed by atoms with E-state index >= 15 is 0 Å². The summed E-state index contributed by atoms with van der Waals surface area (Å²) >= 11 is 5.45. The Balaban J connectivity index is 2.19. The lowest BCUT2D eigenvalue weighted by Gasteiger charge is -2.28. The predicted molar refractivity (Wildman–Crippen MR) is 67.3 cm³/mol. The van der Waals surface area contributed by atoms with Crippen molar-refractivity contribution < 1.29 is 9.90 Å². The van der Waals surface area contributed by atoms with Gasteiger partial charge in [-0.05, 0) is 24.0 Å². The van der Waals surface area contributed by atoms with Crippen molar-refractivity contribution in [2.24, 2.45) is 0 Å². The highest BCUT2D eigenvalue weighted by atomic mass is 35.5. The number of aliphatic hydroxyl groups is 1. The zero-order valence-electron chi connectivity index (χ0n) is 9.58. The van der Waals surface area contributed by atoms with Crippen molar-refractivity contribution in [1.29, 1.82) is 0 Å². The van der Waals surface area contributed by atoms with Crippen LogP contribution < -0.4 is 5.32 Å². The summed E-state index contributed by atoms with van der Waals surface area (Å²) in [7, 11) is 0. The molecule has 2 rings (SSSR count). The average Bonchev–Trinajstić information content (AvgIpc) is 2.76. The first kappa shape index (κ1) is 12.4. The minimum absolute atomic E-state index is 0.0385. The van der Waals surface area contributed by atoms with Crippen LogP contribution in [0.25, 0.3) is 0 Å². The van der Waals surface area contributed by atoms with Gasteiger partial charge in [-0.15, -0.1) is 11.6 Å². The van der Waals surface area contributed by atoms with Gasteiger partial charge in [0.15, 0.2) is 0 Å². The lowest BCUT2D eigenvalue weighted by Crippen LogP contribution is -2.42. The number of carbonyl (C=O) groups is 1. The number of carbonyl (C=O) groups excluding carboxylic acids is 1. The van der Waals surface area contributed by atoms with Crippen LogP contribution in [0.1, 0.15) is 17.5 Å². The SMILES string of the molecule is O=C(CCl)NCC1(CO)CCc2ccccc21. The maximum atomic E-state index is 11.2. The molecule has 17 heavy (non-hydrogen) atoms. The Morgan fingerprint density at radius 2 is 2.24 bits per heavy atom. The van der Waals surface area contributed by atoms with Gasteiger partial charge in [0, 0.05) is 12.0 Å². The van der Waals surface area contributed by atoms with Gasteiger partial charge in [-0.25, -0.2) is 0 Å². The van der Waals surface area contributed by atoms with E-state index in [0.717, 1.165) is 18.4 Å². The standard InChI is InChI=1S/C13H16ClNO2/c14-7-12(17)15-8-13(9-16)6-5-10-3-1-2-4-11(10)13/h1-4,16H,5-9H2,(H,15,17). The summed E-state index contributed by atoms with van der Waals surface area (Å²) in [6, 6.07) is 8.09. The van der Waals surface area contributed by atoms with Crippen molar-refractivity contribution in [3.63, 3.8) is 0 Å². The fourth-order valence-electron chi connectivity index (χ4n) is 2.48. The van der Waals surface area contributed by atoms with E-state index in [-0.39, 0.29) is 23.8 Å². The monoisotopic (exact) mass is 253 g/mol. The van der Waals surface area contributed by atoms with Crippen LogP contribution in [-0.2, 0) is 16.6 Å². The molecule has 1 aromatic carbocycles. The van der Waals surface area contributed by atoms with Crippen molar-refractivity contribution in [1.82, 2.24) is 5.32 Å². The smallest absolute Gasteiger partial charge is 0.234 e. The van der Waals surface area contributed by atoms with E-state index in [2.05, 4.69) is 11.4 Å². The van der Waals surface area contributed by atoms with Crippen LogP contribution in [0.15, 0.2) is 24.3 Å². The Labute approximate surface area is 106 Å². The highest BCUT2D eigenvalue weighted by Crippen LogP contribution is 2.38. The van der Waals surface area contributed by atoms with Crippen LogP contribution in [0, 0.1) is 0 Å². The number of aliphatic hydroxyl groups excluding tert-OH is 1. The summed E-state index contributed by atoms with van der Waals surface area (Å²) in [4.78, 5) is 11.2. The number of hydrogen-bond donors (Lipinski definition) is 2. The molecule has 0 heterocycles. The van der Waals surface area contributed by atoms with Gasteiger partial charge in [0.2, 0.25) is 5.91 Å². The zero-order valence-corrected chi connectivity index (χ0v) is 10.3. The van der Waals surface area contributed by atoms with Crippen molar-refractivity contribution in [2.75, 3.05) is 19.0 Å². The maximum Gasteiger partial charge on any atom is 0.234 e. The van der Waals surface area contributed by atoms with Gasteiger partial charge in [0.25, 0.3) is 0 Å². The Morgan fingerprint density at radius 1 is 1.47 bits per heavy atom.